The van der Waals surface area contributed by atoms with E-state index in [2.05, 4.69) is 170 Å². The van der Waals surface area contributed by atoms with Crippen molar-refractivity contribution in [3.63, 3.8) is 0 Å². The molecule has 8 heteroatoms. The lowest BCUT2D eigenvalue weighted by molar-refractivity contribution is -0.0442. The Morgan fingerprint density at radius 3 is 0.976 bits per heavy atom. The Morgan fingerprint density at radius 1 is 0.476 bits per heavy atom. The van der Waals surface area contributed by atoms with Gasteiger partial charge in [-0.3, -0.25) is 0 Å². The summed E-state index contributed by atoms with van der Waals surface area (Å²) in [5, 5.41) is 0. The second-order valence-electron chi connectivity index (χ2n) is 10.7. The van der Waals surface area contributed by atoms with Gasteiger partial charge in [0, 0.05) is 0 Å². The number of ether oxygens (including phenoxy) is 2. The lowest BCUT2D eigenvalue weighted by Gasteiger charge is -2.37. The summed E-state index contributed by atoms with van der Waals surface area (Å²) in [5.74, 6) is 0. The Kier molecular flexibility index (Phi) is 13.7. The summed E-state index contributed by atoms with van der Waals surface area (Å²) in [4.78, 5) is 0. The summed E-state index contributed by atoms with van der Waals surface area (Å²) >= 11 is 0. The Bertz CT molecular complexity index is 1110. The normalized spacial score (nSPS) is 12.8. The Morgan fingerprint density at radius 2 is 0.738 bits per heavy atom. The van der Waals surface area contributed by atoms with Crippen LogP contribution in [0.5, 0.6) is 0 Å². The predicted molar refractivity (Wildman–Crippen MR) is 197 cm³/mol. The highest BCUT2D eigenvalue weighted by Gasteiger charge is 2.37. The molecule has 4 rings (SSSR count). The molecular formula is C34H42O2S4Si2. The fourth-order valence-corrected chi connectivity index (χ4v) is 26.2. The molecule has 0 N–H and O–H groups in total. The molecule has 0 aliphatic rings. The Hall–Kier alpha value is -1.37. The fourth-order valence-electron chi connectivity index (χ4n) is 5.41. The molecule has 0 amide bonds. The van der Waals surface area contributed by atoms with E-state index in [9.17, 15) is 0 Å². The van der Waals surface area contributed by atoms with E-state index in [1.165, 1.54) is 22.3 Å². The maximum atomic E-state index is 6.80. The zero-order valence-corrected chi connectivity index (χ0v) is 31.1. The van der Waals surface area contributed by atoms with Crippen molar-refractivity contribution in [2.24, 2.45) is 0 Å². The quantitative estimate of drug-likeness (QED) is 0.0631. The third kappa shape index (κ3) is 9.08. The summed E-state index contributed by atoms with van der Waals surface area (Å²) < 4.78 is 13.6. The molecule has 2 nitrogen and oxygen atoms in total. The summed E-state index contributed by atoms with van der Waals surface area (Å²) in [6, 6.07) is 45.3. The second-order valence-corrected chi connectivity index (χ2v) is 24.7. The predicted octanol–water partition coefficient (Wildman–Crippen LogP) is 9.41. The van der Waals surface area contributed by atoms with Crippen molar-refractivity contribution in [2.75, 3.05) is 0 Å². The summed E-state index contributed by atoms with van der Waals surface area (Å²) in [7, 11) is 7.10. The van der Waals surface area contributed by atoms with Gasteiger partial charge in [0.1, 0.15) is 28.5 Å². The molecule has 0 bridgehead atoms. The van der Waals surface area contributed by atoms with Gasteiger partial charge in [0.25, 0.3) is 0 Å². The first-order valence-corrected chi connectivity index (χ1v) is 25.2. The van der Waals surface area contributed by atoms with Crippen LogP contribution < -0.4 is 0 Å². The lowest BCUT2D eigenvalue weighted by atomic mass is 9.87. The smallest absolute Gasteiger partial charge is 0.116 e. The van der Waals surface area contributed by atoms with Crippen LogP contribution in [0.15, 0.2) is 121 Å². The van der Waals surface area contributed by atoms with Gasteiger partial charge in [0.05, 0.1) is 12.2 Å². The van der Waals surface area contributed by atoms with E-state index in [1.54, 1.807) is 0 Å². The van der Waals surface area contributed by atoms with E-state index in [4.69, 9.17) is 9.47 Å². The molecule has 0 saturated heterocycles. The maximum absolute atomic E-state index is 6.80. The highest BCUT2D eigenvalue weighted by Crippen LogP contribution is 2.47. The van der Waals surface area contributed by atoms with Gasteiger partial charge >= 0.3 is 0 Å². The highest BCUT2D eigenvalue weighted by molar-refractivity contribution is 9.30. The molecule has 0 fully saturated rings. The van der Waals surface area contributed by atoms with Crippen molar-refractivity contribution in [3.05, 3.63) is 144 Å². The first-order valence-electron chi connectivity index (χ1n) is 14.6. The van der Waals surface area contributed by atoms with Gasteiger partial charge in [-0.05, 0) is 81.7 Å². The molecule has 4 aromatic rings. The van der Waals surface area contributed by atoms with Gasteiger partial charge in [-0.1, -0.05) is 121 Å². The van der Waals surface area contributed by atoms with Gasteiger partial charge in [0.15, 0.2) is 0 Å². The van der Waals surface area contributed by atoms with Gasteiger partial charge < -0.3 is 9.47 Å². The number of hydrogen-bond acceptors (Lipinski definition) is 6. The van der Waals surface area contributed by atoms with Gasteiger partial charge in [-0.2, -0.15) is 0 Å². The van der Waals surface area contributed by atoms with Crippen molar-refractivity contribution >= 4 is 57.5 Å². The molecule has 0 aromatic heterocycles. The van der Waals surface area contributed by atoms with Crippen LogP contribution in [0.25, 0.3) is 0 Å². The fraction of sp³-hybridized carbons (Fsp3) is 0.294. The van der Waals surface area contributed by atoms with Crippen LogP contribution in [0.3, 0.4) is 0 Å². The van der Waals surface area contributed by atoms with Crippen LogP contribution in [0, 0.1) is 0 Å². The molecule has 222 valence electrons. The monoisotopic (exact) mass is 666 g/mol. The van der Waals surface area contributed by atoms with Crippen molar-refractivity contribution in [1.82, 2.24) is 0 Å². The van der Waals surface area contributed by atoms with E-state index >= 15 is 0 Å². The first kappa shape index (κ1) is 33.5. The SMILES string of the molecule is CC(C)OC(C[SiH2]SSSS[SiH2]CC(OC(C)C)(c1ccccc1)c1ccccc1)(c1ccccc1)c1ccccc1. The highest BCUT2D eigenvalue weighted by atomic mass is 33.7. The third-order valence-corrected chi connectivity index (χ3v) is 24.3. The van der Waals surface area contributed by atoms with Gasteiger partial charge in [-0.15, -0.1) is 20.5 Å². The lowest BCUT2D eigenvalue weighted by Crippen LogP contribution is -2.34. The summed E-state index contributed by atoms with van der Waals surface area (Å²) in [6.45, 7) is 8.59. The van der Waals surface area contributed by atoms with Gasteiger partial charge in [-0.25, -0.2) is 0 Å². The topological polar surface area (TPSA) is 18.5 Å². The van der Waals surface area contributed by atoms with E-state index in [-0.39, 0.29) is 12.2 Å². The molecule has 0 aliphatic heterocycles. The average molecular weight is 667 g/mol. The maximum Gasteiger partial charge on any atom is 0.116 e. The van der Waals surface area contributed by atoms with Crippen LogP contribution >= 0.6 is 40.1 Å². The van der Waals surface area contributed by atoms with Crippen molar-refractivity contribution in [2.45, 2.75) is 63.2 Å². The second kappa shape index (κ2) is 17.2. The van der Waals surface area contributed by atoms with E-state index in [1.807, 2.05) is 19.7 Å². The van der Waals surface area contributed by atoms with Crippen molar-refractivity contribution < 1.29 is 9.47 Å². The molecule has 42 heavy (non-hydrogen) atoms. The number of rotatable bonds is 17. The molecule has 0 aliphatic carbocycles. The van der Waals surface area contributed by atoms with Gasteiger partial charge in [0.2, 0.25) is 0 Å². The molecular weight excluding hydrogens is 625 g/mol. The number of benzene rings is 4. The Balaban J connectivity index is 1.37. The zero-order valence-electron chi connectivity index (χ0n) is 25.0. The van der Waals surface area contributed by atoms with E-state index < -0.39 is 28.5 Å². The zero-order chi connectivity index (χ0) is 29.7. The van der Waals surface area contributed by atoms with Crippen LogP contribution in [0.4, 0.5) is 0 Å². The summed E-state index contributed by atoms with van der Waals surface area (Å²) in [6.07, 6.45) is 0.270. The molecule has 0 heterocycles. The molecule has 0 unspecified atom stereocenters. The molecule has 0 spiro atoms. The van der Waals surface area contributed by atoms with Crippen LogP contribution in [0.1, 0.15) is 49.9 Å². The minimum Gasteiger partial charge on any atom is -0.363 e. The minimum atomic E-state index is -0.473. The first-order chi connectivity index (χ1) is 20.5. The molecule has 4 aromatic carbocycles. The van der Waals surface area contributed by atoms with E-state index in [0.717, 1.165) is 12.1 Å². The average Bonchev–Trinajstić information content (AvgIpc) is 3.02. The van der Waals surface area contributed by atoms with Crippen molar-refractivity contribution in [1.29, 1.82) is 0 Å². The standard InChI is InChI=1S/C34H42O2S4Si2/c1-27(2)35-33(29-17-9-5-10-18-29,30-19-11-6-12-20-30)25-41-39-37-38-40-42-26-34(36-28(3)4,31-21-13-7-14-22-31)32-23-15-8-16-24-32/h5-24,27-28H,25-26,41-42H2,1-4H3. The largest absolute Gasteiger partial charge is 0.363 e. The van der Waals surface area contributed by atoms with Crippen LogP contribution in [-0.4, -0.2) is 29.5 Å². The molecule has 0 atom stereocenters. The van der Waals surface area contributed by atoms with Crippen LogP contribution in [-0.2, 0) is 20.7 Å². The third-order valence-electron chi connectivity index (χ3n) is 7.03. The molecule has 0 saturated carbocycles. The molecule has 0 radical (unpaired) electrons. The number of hydrogen-bond donors (Lipinski definition) is 0. The van der Waals surface area contributed by atoms with E-state index in [0.29, 0.717) is 0 Å². The van der Waals surface area contributed by atoms with Crippen LogP contribution in [0.2, 0.25) is 12.1 Å². The summed E-state index contributed by atoms with van der Waals surface area (Å²) in [5.41, 5.74) is 4.20. The Labute approximate surface area is 272 Å². The minimum absolute atomic E-state index is 0.135. The van der Waals surface area contributed by atoms with Crippen molar-refractivity contribution in [3.8, 4) is 0 Å².